The molecule has 0 spiro atoms. The van der Waals surface area contributed by atoms with Crippen molar-refractivity contribution >= 4 is 17.2 Å². The maximum Gasteiger partial charge on any atom is 0.226 e. The molecular formula is C16H19FN2O2S. The zero-order chi connectivity index (χ0) is 16.1. The van der Waals surface area contributed by atoms with Gasteiger partial charge in [0, 0.05) is 11.4 Å². The Morgan fingerprint density at radius 1 is 1.41 bits per heavy atom. The molecule has 6 heteroatoms. The molecule has 0 fully saturated rings. The maximum absolute atomic E-state index is 12.8. The number of benzene rings is 1. The summed E-state index contributed by atoms with van der Waals surface area (Å²) in [6, 6.07) is 5.53. The van der Waals surface area contributed by atoms with Gasteiger partial charge in [-0.15, -0.1) is 11.3 Å². The van der Waals surface area contributed by atoms with E-state index in [1.807, 2.05) is 19.2 Å². The Morgan fingerprint density at radius 2 is 2.09 bits per heavy atom. The molecule has 0 aliphatic heterocycles. The van der Waals surface area contributed by atoms with E-state index in [2.05, 4.69) is 10.3 Å². The minimum Gasteiger partial charge on any atom is -0.388 e. The number of rotatable bonds is 6. The number of carbonyl (C=O) groups excluding carboxylic acids is 1. The van der Waals surface area contributed by atoms with Crippen LogP contribution in [0.25, 0.3) is 0 Å². The molecule has 1 aromatic carbocycles. The van der Waals surface area contributed by atoms with Crippen LogP contribution in [-0.4, -0.2) is 22.0 Å². The first-order valence-electron chi connectivity index (χ1n) is 7.08. The second-order valence-corrected chi connectivity index (χ2v) is 6.37. The van der Waals surface area contributed by atoms with E-state index < -0.39 is 6.10 Å². The van der Waals surface area contributed by atoms with Crippen molar-refractivity contribution in [2.45, 2.75) is 38.8 Å². The number of amides is 1. The molecule has 0 radical (unpaired) electrons. The Kier molecular flexibility index (Phi) is 5.63. The monoisotopic (exact) mass is 322 g/mol. The van der Waals surface area contributed by atoms with Crippen LogP contribution < -0.4 is 5.32 Å². The third kappa shape index (κ3) is 4.89. The van der Waals surface area contributed by atoms with Gasteiger partial charge >= 0.3 is 0 Å². The van der Waals surface area contributed by atoms with Crippen molar-refractivity contribution in [3.63, 3.8) is 0 Å². The van der Waals surface area contributed by atoms with Gasteiger partial charge in [-0.25, -0.2) is 9.37 Å². The van der Waals surface area contributed by atoms with Gasteiger partial charge < -0.3 is 10.4 Å². The van der Waals surface area contributed by atoms with E-state index in [0.29, 0.717) is 12.0 Å². The first-order chi connectivity index (χ1) is 10.4. The smallest absolute Gasteiger partial charge is 0.226 e. The number of aliphatic hydroxyl groups is 1. The van der Waals surface area contributed by atoms with Crippen molar-refractivity contribution in [3.8, 4) is 0 Å². The van der Waals surface area contributed by atoms with E-state index in [4.69, 9.17) is 0 Å². The van der Waals surface area contributed by atoms with E-state index in [9.17, 15) is 14.3 Å². The van der Waals surface area contributed by atoms with Crippen LogP contribution in [0.5, 0.6) is 0 Å². The molecule has 22 heavy (non-hydrogen) atoms. The normalized spacial score (nSPS) is 13.6. The second-order valence-electron chi connectivity index (χ2n) is 5.31. The summed E-state index contributed by atoms with van der Waals surface area (Å²) in [5, 5.41) is 15.7. The van der Waals surface area contributed by atoms with Crippen LogP contribution in [0.15, 0.2) is 29.6 Å². The number of aliphatic hydroxyl groups excluding tert-OH is 1. The van der Waals surface area contributed by atoms with Crippen molar-refractivity contribution in [3.05, 3.63) is 51.7 Å². The van der Waals surface area contributed by atoms with Gasteiger partial charge in [-0.2, -0.15) is 0 Å². The van der Waals surface area contributed by atoms with Gasteiger partial charge in [-0.3, -0.25) is 4.79 Å². The molecule has 4 nitrogen and oxygen atoms in total. The van der Waals surface area contributed by atoms with E-state index in [0.717, 1.165) is 10.7 Å². The molecule has 1 amide bonds. The highest BCUT2D eigenvalue weighted by Crippen LogP contribution is 2.18. The van der Waals surface area contributed by atoms with Crippen LogP contribution >= 0.6 is 11.3 Å². The zero-order valence-corrected chi connectivity index (χ0v) is 13.4. The third-order valence-corrected chi connectivity index (χ3v) is 4.07. The van der Waals surface area contributed by atoms with E-state index >= 15 is 0 Å². The standard InChI is InChI=1S/C16H19FN2O2S/c1-10(7-15(20)12-3-5-13(17)6-4-12)18-16(21)8-14-9-22-11(2)19-14/h3-6,9-10,15,20H,7-8H2,1-2H3,(H,18,21). The van der Waals surface area contributed by atoms with Gasteiger partial charge in [0.25, 0.3) is 0 Å². The summed E-state index contributed by atoms with van der Waals surface area (Å²) in [6.45, 7) is 3.73. The summed E-state index contributed by atoms with van der Waals surface area (Å²) in [4.78, 5) is 16.2. The van der Waals surface area contributed by atoms with Crippen LogP contribution in [0, 0.1) is 12.7 Å². The predicted molar refractivity (Wildman–Crippen MR) is 84.1 cm³/mol. The number of halogens is 1. The molecule has 2 aromatic rings. The Bertz CT molecular complexity index is 627. The summed E-state index contributed by atoms with van der Waals surface area (Å²) in [7, 11) is 0. The molecule has 0 aliphatic carbocycles. The summed E-state index contributed by atoms with van der Waals surface area (Å²) >= 11 is 1.51. The van der Waals surface area contributed by atoms with Crippen LogP contribution in [0.3, 0.4) is 0 Å². The highest BCUT2D eigenvalue weighted by molar-refractivity contribution is 7.09. The van der Waals surface area contributed by atoms with Gasteiger partial charge in [0.2, 0.25) is 5.91 Å². The van der Waals surface area contributed by atoms with Crippen molar-refractivity contribution in [1.29, 1.82) is 0 Å². The lowest BCUT2D eigenvalue weighted by atomic mass is 10.0. The molecule has 0 bridgehead atoms. The summed E-state index contributed by atoms with van der Waals surface area (Å²) in [5.74, 6) is -0.458. The summed E-state index contributed by atoms with van der Waals surface area (Å²) in [6.07, 6.45) is -0.133. The first kappa shape index (κ1) is 16.6. The molecule has 0 saturated carbocycles. The lowest BCUT2D eigenvalue weighted by Gasteiger charge is -2.18. The van der Waals surface area contributed by atoms with Crippen LogP contribution in [0.2, 0.25) is 0 Å². The number of aromatic nitrogens is 1. The van der Waals surface area contributed by atoms with Gasteiger partial charge in [-0.05, 0) is 38.0 Å². The average Bonchev–Trinajstić information content (AvgIpc) is 2.84. The third-order valence-electron chi connectivity index (χ3n) is 3.25. The second kappa shape index (κ2) is 7.47. The summed E-state index contributed by atoms with van der Waals surface area (Å²) in [5.41, 5.74) is 1.39. The van der Waals surface area contributed by atoms with Crippen molar-refractivity contribution in [2.75, 3.05) is 0 Å². The number of aryl methyl sites for hydroxylation is 1. The number of carbonyl (C=O) groups is 1. The van der Waals surface area contributed by atoms with Crippen LogP contribution in [0.4, 0.5) is 4.39 Å². The Morgan fingerprint density at radius 3 is 2.68 bits per heavy atom. The Hall–Kier alpha value is -1.79. The lowest BCUT2D eigenvalue weighted by Crippen LogP contribution is -2.34. The maximum atomic E-state index is 12.8. The van der Waals surface area contributed by atoms with Gasteiger partial charge in [0.15, 0.2) is 0 Å². The average molecular weight is 322 g/mol. The highest BCUT2D eigenvalue weighted by Gasteiger charge is 2.15. The van der Waals surface area contributed by atoms with E-state index in [-0.39, 0.29) is 24.2 Å². The van der Waals surface area contributed by atoms with Gasteiger partial charge in [0.1, 0.15) is 5.82 Å². The quantitative estimate of drug-likeness (QED) is 0.859. The molecule has 0 aliphatic rings. The fourth-order valence-corrected chi connectivity index (χ4v) is 2.81. The minimum atomic E-state index is -0.739. The van der Waals surface area contributed by atoms with Gasteiger partial charge in [-0.1, -0.05) is 12.1 Å². The lowest BCUT2D eigenvalue weighted by molar-refractivity contribution is -0.121. The number of nitrogens with zero attached hydrogens (tertiary/aromatic N) is 1. The predicted octanol–water partition coefficient (Wildman–Crippen LogP) is 2.76. The molecule has 2 rings (SSSR count). The Labute approximate surface area is 133 Å². The molecule has 2 atom stereocenters. The molecule has 1 heterocycles. The van der Waals surface area contributed by atoms with Crippen molar-refractivity contribution in [2.24, 2.45) is 0 Å². The SMILES string of the molecule is Cc1nc(CC(=O)NC(C)CC(O)c2ccc(F)cc2)cs1. The van der Waals surface area contributed by atoms with Gasteiger partial charge in [0.05, 0.1) is 23.2 Å². The van der Waals surface area contributed by atoms with Crippen LogP contribution in [-0.2, 0) is 11.2 Å². The molecular weight excluding hydrogens is 303 g/mol. The number of thiazole rings is 1. The fraction of sp³-hybridized carbons (Fsp3) is 0.375. The number of nitrogens with one attached hydrogen (secondary N) is 1. The van der Waals surface area contributed by atoms with Crippen molar-refractivity contribution in [1.82, 2.24) is 10.3 Å². The van der Waals surface area contributed by atoms with E-state index in [1.165, 1.54) is 23.5 Å². The highest BCUT2D eigenvalue weighted by atomic mass is 32.1. The number of hydrogen-bond acceptors (Lipinski definition) is 4. The molecule has 2 N–H and O–H groups in total. The van der Waals surface area contributed by atoms with Crippen LogP contribution in [0.1, 0.15) is 35.7 Å². The first-order valence-corrected chi connectivity index (χ1v) is 7.96. The largest absolute Gasteiger partial charge is 0.388 e. The molecule has 2 unspecified atom stereocenters. The Balaban J connectivity index is 1.82. The number of hydrogen-bond donors (Lipinski definition) is 2. The minimum absolute atomic E-state index is 0.121. The molecule has 0 saturated heterocycles. The topological polar surface area (TPSA) is 62.2 Å². The fourth-order valence-electron chi connectivity index (χ4n) is 2.19. The zero-order valence-electron chi connectivity index (χ0n) is 12.5. The van der Waals surface area contributed by atoms with E-state index in [1.54, 1.807) is 12.1 Å². The van der Waals surface area contributed by atoms with Crippen molar-refractivity contribution < 1.29 is 14.3 Å². The molecule has 1 aromatic heterocycles. The summed E-state index contributed by atoms with van der Waals surface area (Å²) < 4.78 is 12.8. The molecule has 118 valence electrons.